The van der Waals surface area contributed by atoms with Gasteiger partial charge in [-0.15, -0.1) is 0 Å². The highest BCUT2D eigenvalue weighted by Gasteiger charge is 2.53. The van der Waals surface area contributed by atoms with Crippen molar-refractivity contribution in [3.63, 3.8) is 0 Å². The highest BCUT2D eigenvalue weighted by atomic mass is 16.8. The zero-order valence-corrected chi connectivity index (χ0v) is 9.92. The number of hydrogen-bond acceptors (Lipinski definition) is 6. The van der Waals surface area contributed by atoms with Crippen LogP contribution in [0.4, 0.5) is 0 Å². The first-order valence-corrected chi connectivity index (χ1v) is 5.68. The van der Waals surface area contributed by atoms with Crippen molar-refractivity contribution in [1.29, 1.82) is 0 Å². The fourth-order valence-electron chi connectivity index (χ4n) is 2.35. The Hall–Kier alpha value is -0.950. The van der Waals surface area contributed by atoms with Gasteiger partial charge in [-0.2, -0.15) is 0 Å². The summed E-state index contributed by atoms with van der Waals surface area (Å²) >= 11 is 0. The van der Waals surface area contributed by atoms with Crippen LogP contribution >= 0.6 is 0 Å². The highest BCUT2D eigenvalue weighted by molar-refractivity contribution is 5.90. The monoisotopic (exact) mass is 240 g/mol. The van der Waals surface area contributed by atoms with Crippen LogP contribution in [0.15, 0.2) is 17.1 Å². The quantitative estimate of drug-likeness (QED) is 0.677. The van der Waals surface area contributed by atoms with Crippen LogP contribution in [0.2, 0.25) is 0 Å². The van der Waals surface area contributed by atoms with Gasteiger partial charge in [-0.25, -0.2) is 5.06 Å². The van der Waals surface area contributed by atoms with Gasteiger partial charge < -0.3 is 14.2 Å². The number of ether oxygens (including phenoxy) is 3. The Balaban J connectivity index is 1.79. The lowest BCUT2D eigenvalue weighted by atomic mass is 10.1. The van der Waals surface area contributed by atoms with E-state index in [1.54, 1.807) is 0 Å². The first-order valence-electron chi connectivity index (χ1n) is 5.68. The Morgan fingerprint density at radius 3 is 2.82 bits per heavy atom. The minimum atomic E-state index is -0.653. The van der Waals surface area contributed by atoms with E-state index in [9.17, 15) is 5.21 Å². The first kappa shape index (κ1) is 11.2. The van der Waals surface area contributed by atoms with Gasteiger partial charge in [0.2, 0.25) is 0 Å². The first-order chi connectivity index (χ1) is 7.98. The molecule has 94 valence electrons. The van der Waals surface area contributed by atoms with Crippen molar-refractivity contribution in [2.24, 2.45) is 4.99 Å². The summed E-state index contributed by atoms with van der Waals surface area (Å²) in [5.74, 6) is -0.158. The van der Waals surface area contributed by atoms with E-state index in [0.717, 1.165) is 10.6 Å². The predicted octanol–water partition coefficient (Wildman–Crippen LogP) is 0.522. The van der Waals surface area contributed by atoms with Crippen LogP contribution < -0.4 is 0 Å². The van der Waals surface area contributed by atoms with Crippen molar-refractivity contribution < 1.29 is 19.4 Å². The van der Waals surface area contributed by atoms with E-state index in [1.807, 2.05) is 13.8 Å². The molecule has 0 amide bonds. The van der Waals surface area contributed by atoms with E-state index in [4.69, 9.17) is 14.2 Å². The van der Waals surface area contributed by atoms with E-state index in [-0.39, 0.29) is 6.10 Å². The van der Waals surface area contributed by atoms with Gasteiger partial charge >= 0.3 is 0 Å². The number of aliphatic imine (C=N–C) groups is 1. The third-order valence-electron chi connectivity index (χ3n) is 3.11. The minimum absolute atomic E-state index is 0.285. The van der Waals surface area contributed by atoms with Crippen LogP contribution in [0.5, 0.6) is 0 Å². The number of amidine groups is 1. The summed E-state index contributed by atoms with van der Waals surface area (Å²) in [6.07, 6.45) is -1.18. The molecule has 17 heavy (non-hydrogen) atoms. The standard InChI is InChI=1S/C11H16N2O4/c1-6-7(9-12-4-5-13(9)14)15-10-8(6)16-11(2,3)17-10/h7-8,10,14H,1,4-5H2,2-3H3. The Bertz CT molecular complexity index is 393. The Morgan fingerprint density at radius 2 is 2.24 bits per heavy atom. The SMILES string of the molecule is C=C1C(C2=NCCN2O)OC2OC(C)(C)OC12. The molecule has 0 aromatic rings. The van der Waals surface area contributed by atoms with Crippen LogP contribution in [0.25, 0.3) is 0 Å². The van der Waals surface area contributed by atoms with Crippen LogP contribution in [0.1, 0.15) is 13.8 Å². The summed E-state index contributed by atoms with van der Waals surface area (Å²) in [6, 6.07) is 0. The summed E-state index contributed by atoms with van der Waals surface area (Å²) in [5.41, 5.74) is 0.750. The maximum atomic E-state index is 9.63. The molecule has 2 saturated heterocycles. The zero-order chi connectivity index (χ0) is 12.2. The van der Waals surface area contributed by atoms with Gasteiger partial charge in [0.25, 0.3) is 0 Å². The largest absolute Gasteiger partial charge is 0.337 e. The van der Waals surface area contributed by atoms with E-state index in [1.165, 1.54) is 0 Å². The van der Waals surface area contributed by atoms with E-state index >= 15 is 0 Å². The van der Waals surface area contributed by atoms with E-state index < -0.39 is 18.2 Å². The average molecular weight is 240 g/mol. The van der Waals surface area contributed by atoms with Gasteiger partial charge in [-0.05, 0) is 19.4 Å². The summed E-state index contributed by atoms with van der Waals surface area (Å²) in [5, 5.41) is 10.7. The summed E-state index contributed by atoms with van der Waals surface area (Å²) < 4.78 is 17.0. The summed E-state index contributed by atoms with van der Waals surface area (Å²) in [4.78, 5) is 4.21. The predicted molar refractivity (Wildman–Crippen MR) is 58.6 cm³/mol. The molecule has 1 N–H and O–H groups in total. The molecule has 2 fully saturated rings. The maximum Gasteiger partial charge on any atom is 0.192 e. The maximum absolute atomic E-state index is 9.63. The lowest BCUT2D eigenvalue weighted by Gasteiger charge is -2.23. The second kappa shape index (κ2) is 3.52. The van der Waals surface area contributed by atoms with Crippen molar-refractivity contribution in [2.75, 3.05) is 13.1 Å². The van der Waals surface area contributed by atoms with Crippen LogP contribution in [0, 0.1) is 0 Å². The molecule has 0 saturated carbocycles. The second-order valence-electron chi connectivity index (χ2n) is 4.88. The zero-order valence-electron chi connectivity index (χ0n) is 9.92. The topological polar surface area (TPSA) is 63.5 Å². The molecule has 3 unspecified atom stereocenters. The van der Waals surface area contributed by atoms with E-state index in [2.05, 4.69) is 11.6 Å². The Morgan fingerprint density at radius 1 is 1.47 bits per heavy atom. The molecule has 6 heteroatoms. The normalized spacial score (nSPS) is 39.7. The molecule has 0 bridgehead atoms. The van der Waals surface area contributed by atoms with Crippen LogP contribution in [-0.4, -0.2) is 53.5 Å². The van der Waals surface area contributed by atoms with Gasteiger partial charge in [-0.3, -0.25) is 10.2 Å². The molecule has 3 atom stereocenters. The fraction of sp³-hybridized carbons (Fsp3) is 0.727. The van der Waals surface area contributed by atoms with Crippen LogP contribution in [0.3, 0.4) is 0 Å². The van der Waals surface area contributed by atoms with Crippen molar-refractivity contribution >= 4 is 5.84 Å². The number of hydrogen-bond donors (Lipinski definition) is 1. The molecule has 0 spiro atoms. The smallest absolute Gasteiger partial charge is 0.192 e. The highest BCUT2D eigenvalue weighted by Crippen LogP contribution is 2.40. The van der Waals surface area contributed by atoms with Crippen LogP contribution in [-0.2, 0) is 14.2 Å². The molecule has 3 heterocycles. The number of fused-ring (bicyclic) bond motifs is 1. The molecule has 0 aromatic heterocycles. The number of rotatable bonds is 1. The lowest BCUT2D eigenvalue weighted by molar-refractivity contribution is -0.195. The molecule has 0 radical (unpaired) electrons. The summed E-state index contributed by atoms with van der Waals surface area (Å²) in [6.45, 7) is 8.71. The number of hydroxylamine groups is 2. The summed E-state index contributed by atoms with van der Waals surface area (Å²) in [7, 11) is 0. The van der Waals surface area contributed by atoms with Gasteiger partial charge in [0, 0.05) is 0 Å². The third kappa shape index (κ3) is 1.68. The number of nitrogens with zero attached hydrogens (tertiary/aromatic N) is 2. The van der Waals surface area contributed by atoms with Crippen molar-refractivity contribution in [3.8, 4) is 0 Å². The van der Waals surface area contributed by atoms with Crippen molar-refractivity contribution in [2.45, 2.75) is 38.1 Å². The van der Waals surface area contributed by atoms with Gasteiger partial charge in [0.1, 0.15) is 12.2 Å². The van der Waals surface area contributed by atoms with Gasteiger partial charge in [-0.1, -0.05) is 6.58 Å². The van der Waals surface area contributed by atoms with Crippen molar-refractivity contribution in [3.05, 3.63) is 12.2 Å². The Kier molecular flexibility index (Phi) is 2.31. The molecule has 3 aliphatic rings. The minimum Gasteiger partial charge on any atom is -0.337 e. The van der Waals surface area contributed by atoms with E-state index in [0.29, 0.717) is 18.9 Å². The molecule has 0 aliphatic carbocycles. The van der Waals surface area contributed by atoms with Crippen molar-refractivity contribution in [1.82, 2.24) is 5.06 Å². The average Bonchev–Trinajstić information content (AvgIpc) is 2.83. The molecular formula is C11H16N2O4. The molecular weight excluding hydrogens is 224 g/mol. The fourth-order valence-corrected chi connectivity index (χ4v) is 2.35. The molecule has 0 aromatic carbocycles. The molecule has 3 rings (SSSR count). The molecule has 3 aliphatic heterocycles. The van der Waals surface area contributed by atoms with Gasteiger partial charge in [0.05, 0.1) is 13.1 Å². The lowest BCUT2D eigenvalue weighted by Crippen LogP contribution is -2.36. The second-order valence-corrected chi connectivity index (χ2v) is 4.88. The Labute approximate surface area is 99.4 Å². The molecule has 6 nitrogen and oxygen atoms in total. The van der Waals surface area contributed by atoms with Gasteiger partial charge in [0.15, 0.2) is 17.9 Å². The third-order valence-corrected chi connectivity index (χ3v) is 3.11.